The minimum Gasteiger partial charge on any atom is -0.359 e. The summed E-state index contributed by atoms with van der Waals surface area (Å²) in [4.78, 5) is 25.0. The van der Waals surface area contributed by atoms with Crippen LogP contribution in [0.25, 0.3) is 11.0 Å². The first-order valence-corrected chi connectivity index (χ1v) is 9.22. The van der Waals surface area contributed by atoms with Crippen molar-refractivity contribution in [3.63, 3.8) is 0 Å². The van der Waals surface area contributed by atoms with Crippen molar-refractivity contribution in [2.24, 2.45) is 0 Å². The van der Waals surface area contributed by atoms with Gasteiger partial charge < -0.3 is 9.88 Å². The molecule has 1 N–H and O–H groups in total. The first-order valence-electron chi connectivity index (χ1n) is 9.22. The molecule has 1 atom stereocenters. The van der Waals surface area contributed by atoms with Crippen LogP contribution < -0.4 is 0 Å². The van der Waals surface area contributed by atoms with Gasteiger partial charge in [0.1, 0.15) is 5.52 Å². The van der Waals surface area contributed by atoms with Gasteiger partial charge in [-0.3, -0.25) is 14.7 Å². The van der Waals surface area contributed by atoms with Gasteiger partial charge in [0.2, 0.25) is 0 Å². The molecule has 1 saturated heterocycles. The van der Waals surface area contributed by atoms with Gasteiger partial charge in [-0.25, -0.2) is 0 Å². The molecule has 134 valence electrons. The Morgan fingerprint density at radius 2 is 2.00 bits per heavy atom. The highest BCUT2D eigenvalue weighted by molar-refractivity contribution is 6.05. The SMILES string of the molecule is CC1CCN(C(=O)c2c[nH]c3cccnc23)CCN1Cc1ccccc1. The number of nitrogens with zero attached hydrogens (tertiary/aromatic N) is 3. The highest BCUT2D eigenvalue weighted by Gasteiger charge is 2.26. The number of aromatic amines is 1. The van der Waals surface area contributed by atoms with E-state index in [4.69, 9.17) is 0 Å². The third-order valence-corrected chi connectivity index (χ3v) is 5.28. The minimum atomic E-state index is 0.0729. The van der Waals surface area contributed by atoms with Crippen molar-refractivity contribution >= 4 is 16.9 Å². The zero-order chi connectivity index (χ0) is 17.9. The summed E-state index contributed by atoms with van der Waals surface area (Å²) in [7, 11) is 0. The minimum absolute atomic E-state index is 0.0729. The second-order valence-corrected chi connectivity index (χ2v) is 6.99. The van der Waals surface area contributed by atoms with E-state index >= 15 is 0 Å². The number of carbonyl (C=O) groups is 1. The van der Waals surface area contributed by atoms with E-state index in [1.807, 2.05) is 23.1 Å². The number of rotatable bonds is 3. The Morgan fingerprint density at radius 1 is 1.15 bits per heavy atom. The van der Waals surface area contributed by atoms with E-state index in [0.29, 0.717) is 11.6 Å². The smallest absolute Gasteiger partial charge is 0.257 e. The summed E-state index contributed by atoms with van der Waals surface area (Å²) in [5.74, 6) is 0.0729. The first kappa shape index (κ1) is 16.8. The Hall–Kier alpha value is -2.66. The zero-order valence-corrected chi connectivity index (χ0v) is 15.1. The molecule has 1 aliphatic heterocycles. The fraction of sp³-hybridized carbons (Fsp3) is 0.333. The maximum absolute atomic E-state index is 13.0. The monoisotopic (exact) mass is 348 g/mol. The lowest BCUT2D eigenvalue weighted by atomic mass is 10.1. The molecule has 0 saturated carbocycles. The molecule has 3 aromatic rings. The van der Waals surface area contributed by atoms with Crippen molar-refractivity contribution in [1.82, 2.24) is 19.8 Å². The predicted molar refractivity (Wildman–Crippen MR) is 103 cm³/mol. The summed E-state index contributed by atoms with van der Waals surface area (Å²) in [6.45, 7) is 5.60. The lowest BCUT2D eigenvalue weighted by molar-refractivity contribution is 0.0763. The van der Waals surface area contributed by atoms with E-state index in [0.717, 1.165) is 43.6 Å². The number of hydrogen-bond acceptors (Lipinski definition) is 3. The van der Waals surface area contributed by atoms with E-state index in [-0.39, 0.29) is 5.91 Å². The molecule has 0 radical (unpaired) electrons. The summed E-state index contributed by atoms with van der Waals surface area (Å²) < 4.78 is 0. The van der Waals surface area contributed by atoms with E-state index < -0.39 is 0 Å². The third kappa shape index (κ3) is 3.35. The number of hydrogen-bond donors (Lipinski definition) is 1. The van der Waals surface area contributed by atoms with Crippen molar-refractivity contribution in [3.05, 3.63) is 66.0 Å². The molecule has 1 unspecified atom stereocenters. The molecule has 5 nitrogen and oxygen atoms in total. The average Bonchev–Trinajstić information content (AvgIpc) is 3.02. The Labute approximate surface area is 153 Å². The number of H-pyrrole nitrogens is 1. The molecule has 0 spiro atoms. The molecule has 1 aliphatic rings. The van der Waals surface area contributed by atoms with Gasteiger partial charge in [0, 0.05) is 44.6 Å². The van der Waals surface area contributed by atoms with E-state index in [1.54, 1.807) is 12.4 Å². The van der Waals surface area contributed by atoms with Crippen LogP contribution in [0, 0.1) is 0 Å². The standard InChI is InChI=1S/C21H24N4O/c1-16-9-11-24(12-13-25(16)15-17-6-3-2-4-7-17)21(26)18-14-23-19-8-5-10-22-20(18)19/h2-8,10,14,16,23H,9,11-13,15H2,1H3. The molecule has 0 aliphatic carbocycles. The molecule has 1 fully saturated rings. The number of nitrogens with one attached hydrogen (secondary N) is 1. The molecule has 5 heteroatoms. The maximum Gasteiger partial charge on any atom is 0.257 e. The van der Waals surface area contributed by atoms with Gasteiger partial charge in [-0.1, -0.05) is 30.3 Å². The molecule has 4 rings (SSSR count). The highest BCUT2D eigenvalue weighted by Crippen LogP contribution is 2.20. The van der Waals surface area contributed by atoms with Gasteiger partial charge >= 0.3 is 0 Å². The summed E-state index contributed by atoms with van der Waals surface area (Å²) >= 11 is 0. The predicted octanol–water partition coefficient (Wildman–Crippen LogP) is 3.30. The Balaban J connectivity index is 1.48. The summed E-state index contributed by atoms with van der Waals surface area (Å²) in [6, 6.07) is 14.8. The largest absolute Gasteiger partial charge is 0.359 e. The quantitative estimate of drug-likeness (QED) is 0.790. The zero-order valence-electron chi connectivity index (χ0n) is 15.1. The van der Waals surface area contributed by atoms with Crippen molar-refractivity contribution < 1.29 is 4.79 Å². The molecule has 3 heterocycles. The Kier molecular flexibility index (Phi) is 4.71. The van der Waals surface area contributed by atoms with Crippen LogP contribution in [0.5, 0.6) is 0 Å². The van der Waals surface area contributed by atoms with Crippen molar-refractivity contribution in [3.8, 4) is 0 Å². The van der Waals surface area contributed by atoms with Crippen LogP contribution in [0.4, 0.5) is 0 Å². The highest BCUT2D eigenvalue weighted by atomic mass is 16.2. The van der Waals surface area contributed by atoms with Crippen LogP contribution >= 0.6 is 0 Å². The van der Waals surface area contributed by atoms with Crippen LogP contribution in [0.1, 0.15) is 29.3 Å². The number of aromatic nitrogens is 2. The van der Waals surface area contributed by atoms with Gasteiger partial charge in [-0.05, 0) is 31.0 Å². The van der Waals surface area contributed by atoms with Gasteiger partial charge in [-0.2, -0.15) is 0 Å². The number of benzene rings is 1. The normalized spacial score (nSPS) is 18.8. The Bertz CT molecular complexity index is 889. The average molecular weight is 348 g/mol. The summed E-state index contributed by atoms with van der Waals surface area (Å²) in [5.41, 5.74) is 3.66. The second kappa shape index (κ2) is 7.30. The number of amides is 1. The van der Waals surface area contributed by atoms with Gasteiger partial charge in [0.15, 0.2) is 0 Å². The van der Waals surface area contributed by atoms with Gasteiger partial charge in [-0.15, -0.1) is 0 Å². The molecule has 1 aromatic carbocycles. The van der Waals surface area contributed by atoms with Crippen molar-refractivity contribution in [2.45, 2.75) is 25.9 Å². The molecular formula is C21H24N4O. The van der Waals surface area contributed by atoms with E-state index in [2.05, 4.69) is 46.1 Å². The number of carbonyl (C=O) groups excluding carboxylic acids is 1. The topological polar surface area (TPSA) is 52.2 Å². The van der Waals surface area contributed by atoms with E-state index in [9.17, 15) is 4.79 Å². The molecular weight excluding hydrogens is 324 g/mol. The lowest BCUT2D eigenvalue weighted by Crippen LogP contribution is -2.36. The summed E-state index contributed by atoms with van der Waals surface area (Å²) in [5, 5.41) is 0. The molecule has 1 amide bonds. The number of pyridine rings is 1. The molecule has 0 bridgehead atoms. The van der Waals surface area contributed by atoms with Crippen molar-refractivity contribution in [2.75, 3.05) is 19.6 Å². The fourth-order valence-electron chi connectivity index (χ4n) is 3.65. The van der Waals surface area contributed by atoms with Gasteiger partial charge in [0.05, 0.1) is 11.1 Å². The third-order valence-electron chi connectivity index (χ3n) is 5.28. The van der Waals surface area contributed by atoms with Crippen LogP contribution in [0.2, 0.25) is 0 Å². The van der Waals surface area contributed by atoms with Crippen LogP contribution in [0.15, 0.2) is 54.9 Å². The molecule has 2 aromatic heterocycles. The maximum atomic E-state index is 13.0. The Morgan fingerprint density at radius 3 is 2.85 bits per heavy atom. The van der Waals surface area contributed by atoms with Crippen LogP contribution in [0.3, 0.4) is 0 Å². The van der Waals surface area contributed by atoms with Crippen LogP contribution in [-0.4, -0.2) is 51.4 Å². The first-order chi connectivity index (χ1) is 12.7. The lowest BCUT2D eigenvalue weighted by Gasteiger charge is -2.26. The van der Waals surface area contributed by atoms with Crippen molar-refractivity contribution in [1.29, 1.82) is 0 Å². The van der Waals surface area contributed by atoms with E-state index in [1.165, 1.54) is 5.56 Å². The second-order valence-electron chi connectivity index (χ2n) is 6.99. The summed E-state index contributed by atoms with van der Waals surface area (Å²) in [6.07, 6.45) is 4.50. The van der Waals surface area contributed by atoms with Gasteiger partial charge in [0.25, 0.3) is 5.91 Å². The molecule has 26 heavy (non-hydrogen) atoms. The number of fused-ring (bicyclic) bond motifs is 1. The van der Waals surface area contributed by atoms with Crippen LogP contribution in [-0.2, 0) is 6.54 Å². The fourth-order valence-corrected chi connectivity index (χ4v) is 3.65.